The van der Waals surface area contributed by atoms with Crippen LogP contribution in [0.25, 0.3) is 5.69 Å². The lowest BCUT2D eigenvalue weighted by Gasteiger charge is -2.20. The molecule has 1 amide bonds. The fraction of sp³-hybridized carbons (Fsp3) is 0.316. The summed E-state index contributed by atoms with van der Waals surface area (Å²) in [6.07, 6.45) is -0.365. The highest BCUT2D eigenvalue weighted by atomic mass is 35.5. The molecule has 188 valence electrons. The van der Waals surface area contributed by atoms with Gasteiger partial charge < -0.3 is 9.74 Å². The van der Waals surface area contributed by atoms with Crippen LogP contribution < -0.4 is 9.74 Å². The van der Waals surface area contributed by atoms with Crippen LogP contribution >= 0.6 is 22.9 Å². The minimum Gasteiger partial charge on any atom is -0.324 e. The van der Waals surface area contributed by atoms with Crippen LogP contribution in [0.3, 0.4) is 0 Å². The Kier molecular flexibility index (Phi) is 8.45. The normalized spacial score (nSPS) is 12.5. The Morgan fingerprint density at radius 1 is 1.34 bits per heavy atom. The average Bonchev–Trinajstić information content (AvgIpc) is 3.46. The highest BCUT2D eigenvalue weighted by Crippen LogP contribution is 2.27. The molecule has 0 radical (unpaired) electrons. The first-order chi connectivity index (χ1) is 16.5. The summed E-state index contributed by atoms with van der Waals surface area (Å²) >= 11 is 7.26. The van der Waals surface area contributed by atoms with Gasteiger partial charge in [0, 0.05) is 24.3 Å². The van der Waals surface area contributed by atoms with Crippen molar-refractivity contribution in [3.63, 3.8) is 0 Å². The van der Waals surface area contributed by atoms with Crippen molar-refractivity contribution in [1.82, 2.24) is 19.7 Å². The molecule has 3 aromatic heterocycles. The summed E-state index contributed by atoms with van der Waals surface area (Å²) in [4.78, 5) is 27.3. The van der Waals surface area contributed by atoms with Crippen molar-refractivity contribution < 1.29 is 31.2 Å². The van der Waals surface area contributed by atoms with Crippen molar-refractivity contribution in [2.75, 3.05) is 23.0 Å². The number of hydrogen-bond acceptors (Lipinski definition) is 9. The fourth-order valence-electron chi connectivity index (χ4n) is 2.75. The van der Waals surface area contributed by atoms with Crippen molar-refractivity contribution in [3.05, 3.63) is 47.5 Å². The Balaban J connectivity index is 1.92. The Bertz CT molecular complexity index is 1280. The number of pyridine rings is 1. The molecule has 0 aliphatic rings. The Labute approximate surface area is 206 Å². The fourth-order valence-corrected chi connectivity index (χ4v) is 4.71. The van der Waals surface area contributed by atoms with E-state index >= 15 is 0 Å². The van der Waals surface area contributed by atoms with E-state index in [1.54, 1.807) is 30.6 Å². The minimum absolute atomic E-state index is 0.00784. The molecule has 0 saturated heterocycles. The topological polar surface area (TPSA) is 120 Å². The first kappa shape index (κ1) is 26.6. The zero-order chi connectivity index (χ0) is 25.6. The smallest absolute Gasteiger partial charge is 0.324 e. The number of sulfone groups is 1. The lowest BCUT2D eigenvalue weighted by Crippen LogP contribution is -2.40. The van der Waals surface area contributed by atoms with Crippen molar-refractivity contribution in [2.24, 2.45) is 5.16 Å². The second kappa shape index (κ2) is 11.1. The number of halogens is 4. The van der Waals surface area contributed by atoms with E-state index in [2.05, 4.69) is 20.2 Å². The number of aromatic nitrogens is 4. The first-order valence-corrected chi connectivity index (χ1v) is 12.9. The maximum absolute atomic E-state index is 13.3. The molecule has 0 N–H and O–H groups in total. The molecule has 0 aromatic carbocycles. The van der Waals surface area contributed by atoms with Gasteiger partial charge in [0.15, 0.2) is 20.7 Å². The molecule has 3 aromatic rings. The van der Waals surface area contributed by atoms with Crippen LogP contribution in [0.2, 0.25) is 5.15 Å². The molecule has 0 unspecified atom stereocenters. The van der Waals surface area contributed by atoms with Crippen molar-refractivity contribution in [1.29, 1.82) is 0 Å². The Hall–Kier alpha value is -3.04. The highest BCUT2D eigenvalue weighted by Gasteiger charge is 2.33. The van der Waals surface area contributed by atoms with E-state index in [-0.39, 0.29) is 22.6 Å². The number of alkyl halides is 3. The van der Waals surface area contributed by atoms with Crippen LogP contribution in [0.1, 0.15) is 13.3 Å². The molecule has 10 nitrogen and oxygen atoms in total. The number of oxime groups is 1. The van der Waals surface area contributed by atoms with Crippen LogP contribution in [0, 0.1) is 0 Å². The number of nitrogens with zero attached hydrogens (tertiary/aromatic N) is 6. The lowest BCUT2D eigenvalue weighted by atomic mass is 10.3. The number of anilines is 1. The molecule has 35 heavy (non-hydrogen) atoms. The number of hydrogen-bond donors (Lipinski definition) is 0. The summed E-state index contributed by atoms with van der Waals surface area (Å²) in [6.45, 7) is 1.60. The van der Waals surface area contributed by atoms with Crippen LogP contribution in [0.4, 0.5) is 18.9 Å². The largest absolute Gasteiger partial charge is 0.390 e. The second-order valence-corrected chi connectivity index (χ2v) is 10.3. The van der Waals surface area contributed by atoms with Crippen LogP contribution in [0.5, 0.6) is 5.19 Å². The standard InChI is InChI=1S/C19H18ClF3N6O4S2/c1-2-28(15-11-29(26-16(15)20)13-4-3-6-24-10-13)17(30)14(27-33-18-25-7-8-34-18)12-35(31,32)9-5-19(21,22)23/h3-4,6-8,10-11H,2,5,9,12H2,1H3/b27-14-. The van der Waals surface area contributed by atoms with Gasteiger partial charge >= 0.3 is 11.4 Å². The van der Waals surface area contributed by atoms with Gasteiger partial charge in [-0.1, -0.05) is 28.1 Å². The molecule has 3 rings (SSSR count). The van der Waals surface area contributed by atoms with Gasteiger partial charge in [-0.05, 0) is 19.1 Å². The molecule has 0 bridgehead atoms. The first-order valence-electron chi connectivity index (χ1n) is 9.87. The molecule has 0 spiro atoms. The average molecular weight is 551 g/mol. The third kappa shape index (κ3) is 7.47. The van der Waals surface area contributed by atoms with E-state index in [9.17, 15) is 26.4 Å². The van der Waals surface area contributed by atoms with Gasteiger partial charge in [0.2, 0.25) is 0 Å². The molecule has 0 aliphatic heterocycles. The van der Waals surface area contributed by atoms with Crippen molar-refractivity contribution in [2.45, 2.75) is 19.5 Å². The zero-order valence-electron chi connectivity index (χ0n) is 18.0. The van der Waals surface area contributed by atoms with Gasteiger partial charge in [-0.3, -0.25) is 9.78 Å². The van der Waals surface area contributed by atoms with Gasteiger partial charge in [-0.25, -0.2) is 18.1 Å². The summed E-state index contributed by atoms with van der Waals surface area (Å²) in [5, 5.41) is 9.23. The quantitative estimate of drug-likeness (QED) is 0.280. The third-order valence-electron chi connectivity index (χ3n) is 4.36. The lowest BCUT2D eigenvalue weighted by molar-refractivity contribution is -0.129. The number of thiazole rings is 1. The molecule has 0 fully saturated rings. The predicted molar refractivity (Wildman–Crippen MR) is 124 cm³/mol. The van der Waals surface area contributed by atoms with Gasteiger partial charge in [0.1, 0.15) is 11.4 Å². The van der Waals surface area contributed by atoms with E-state index < -0.39 is 45.6 Å². The van der Waals surface area contributed by atoms with Crippen LogP contribution in [0.15, 0.2) is 47.5 Å². The van der Waals surface area contributed by atoms with Gasteiger partial charge in [0.25, 0.3) is 5.91 Å². The van der Waals surface area contributed by atoms with E-state index in [0.29, 0.717) is 5.69 Å². The molecule has 16 heteroatoms. The third-order valence-corrected chi connectivity index (χ3v) is 6.81. The van der Waals surface area contributed by atoms with Crippen molar-refractivity contribution >= 4 is 50.1 Å². The van der Waals surface area contributed by atoms with E-state index in [4.69, 9.17) is 16.4 Å². The Morgan fingerprint density at radius 3 is 2.71 bits per heavy atom. The molecule has 0 saturated carbocycles. The molecule has 3 heterocycles. The van der Waals surface area contributed by atoms with Gasteiger partial charge in [-0.2, -0.15) is 18.3 Å². The summed E-state index contributed by atoms with van der Waals surface area (Å²) in [5.41, 5.74) is 0.0203. The summed E-state index contributed by atoms with van der Waals surface area (Å²) < 4.78 is 63.9. The van der Waals surface area contributed by atoms with Crippen LogP contribution in [-0.2, 0) is 14.6 Å². The SMILES string of the molecule is CCN(C(=O)/C(CS(=O)(=O)CCC(F)(F)F)=N\Oc1nccs1)c1cn(-c2cccnc2)nc1Cl. The number of carbonyl (C=O) groups excluding carboxylic acids is 1. The molecule has 0 atom stereocenters. The minimum atomic E-state index is -4.68. The molecular formula is C19H18ClF3N6O4S2. The van der Waals surface area contributed by atoms with Gasteiger partial charge in [-0.15, -0.1) is 0 Å². The maximum Gasteiger partial charge on any atom is 0.390 e. The zero-order valence-corrected chi connectivity index (χ0v) is 20.4. The number of rotatable bonds is 10. The predicted octanol–water partition coefficient (Wildman–Crippen LogP) is 3.53. The van der Waals surface area contributed by atoms with E-state index in [0.717, 1.165) is 16.2 Å². The summed E-state index contributed by atoms with van der Waals surface area (Å²) in [6, 6.07) is 3.36. The number of amides is 1. The number of carbonyl (C=O) groups is 1. The monoisotopic (exact) mass is 550 g/mol. The second-order valence-electron chi connectivity index (χ2n) is 6.89. The van der Waals surface area contributed by atoms with E-state index in [1.807, 2.05) is 0 Å². The van der Waals surface area contributed by atoms with E-state index in [1.165, 1.54) is 23.3 Å². The summed E-state index contributed by atoms with van der Waals surface area (Å²) in [5.74, 6) is -3.24. The maximum atomic E-state index is 13.3. The Morgan fingerprint density at radius 2 is 2.11 bits per heavy atom. The molecule has 0 aliphatic carbocycles. The van der Waals surface area contributed by atoms with Crippen molar-refractivity contribution in [3.8, 4) is 10.9 Å². The van der Waals surface area contributed by atoms with Gasteiger partial charge in [0.05, 0.1) is 30.3 Å². The molecular weight excluding hydrogens is 533 g/mol. The van der Waals surface area contributed by atoms with Crippen LogP contribution in [-0.4, -0.2) is 64.0 Å². The summed E-state index contributed by atoms with van der Waals surface area (Å²) in [7, 11) is -4.38. The highest BCUT2D eigenvalue weighted by molar-refractivity contribution is 7.92.